The van der Waals surface area contributed by atoms with E-state index >= 15 is 0 Å². The lowest BCUT2D eigenvalue weighted by molar-refractivity contribution is -0.947. The zero-order chi connectivity index (χ0) is 14.6. The molecule has 2 aliphatic heterocycles. The summed E-state index contributed by atoms with van der Waals surface area (Å²) in [6, 6.07) is 0.576. The average molecular weight is 284 g/mol. The Hall–Kier alpha value is -1.10. The highest BCUT2D eigenvalue weighted by atomic mass is 16.6. The smallest absolute Gasteiger partial charge is 0.417 e. The van der Waals surface area contributed by atoms with Crippen LogP contribution < -0.4 is 0 Å². The molecule has 0 aliphatic carbocycles. The molecule has 3 atom stereocenters. The third-order valence-electron chi connectivity index (χ3n) is 4.88. The average Bonchev–Trinajstić information content (AvgIpc) is 2.44. The van der Waals surface area contributed by atoms with Gasteiger partial charge in [-0.05, 0) is 32.6 Å². The van der Waals surface area contributed by atoms with E-state index in [0.29, 0.717) is 18.6 Å². The molecule has 2 fully saturated rings. The maximum Gasteiger partial charge on any atom is 0.417 e. The van der Waals surface area contributed by atoms with Gasteiger partial charge in [0.15, 0.2) is 0 Å². The van der Waals surface area contributed by atoms with Crippen LogP contribution >= 0.6 is 0 Å². The van der Waals surface area contributed by atoms with Crippen LogP contribution in [-0.4, -0.2) is 55.8 Å². The summed E-state index contributed by atoms with van der Waals surface area (Å²) in [5.41, 5.74) is 0. The van der Waals surface area contributed by atoms with Crippen LogP contribution in [-0.2, 0) is 19.1 Å². The van der Waals surface area contributed by atoms with Crippen LogP contribution in [0.2, 0.25) is 0 Å². The summed E-state index contributed by atoms with van der Waals surface area (Å²) in [5, 5.41) is 0. The van der Waals surface area contributed by atoms with Gasteiger partial charge in [0, 0.05) is 12.3 Å². The van der Waals surface area contributed by atoms with E-state index in [0.717, 1.165) is 10.9 Å². The number of nitrogens with zero attached hydrogens (tertiary/aromatic N) is 1. The summed E-state index contributed by atoms with van der Waals surface area (Å²) in [5.74, 6) is -1.33. The molecule has 0 radical (unpaired) electrons. The SMILES string of the molecule is CCOC(=O)C(=O)OCC1CCC[N+]2(C)CCCCC12. The second-order valence-corrected chi connectivity index (χ2v) is 6.21. The minimum Gasteiger partial charge on any atom is -0.458 e. The molecule has 2 saturated heterocycles. The van der Waals surface area contributed by atoms with Gasteiger partial charge in [0.1, 0.15) is 6.61 Å². The number of fused-ring (bicyclic) bond motifs is 1. The van der Waals surface area contributed by atoms with Gasteiger partial charge in [0.05, 0.1) is 32.8 Å². The molecule has 5 nitrogen and oxygen atoms in total. The van der Waals surface area contributed by atoms with Crippen LogP contribution in [0.25, 0.3) is 0 Å². The van der Waals surface area contributed by atoms with Crippen molar-refractivity contribution in [3.05, 3.63) is 0 Å². The number of carbonyl (C=O) groups excluding carboxylic acids is 2. The third-order valence-corrected chi connectivity index (χ3v) is 4.88. The van der Waals surface area contributed by atoms with Crippen molar-refractivity contribution >= 4 is 11.9 Å². The number of quaternary nitrogens is 1. The first kappa shape index (κ1) is 15.3. The van der Waals surface area contributed by atoms with Gasteiger partial charge in [-0.3, -0.25) is 0 Å². The van der Waals surface area contributed by atoms with Crippen LogP contribution in [0.3, 0.4) is 0 Å². The zero-order valence-electron chi connectivity index (χ0n) is 12.6. The molecular weight excluding hydrogens is 258 g/mol. The summed E-state index contributed by atoms with van der Waals surface area (Å²) in [4.78, 5) is 22.8. The van der Waals surface area contributed by atoms with E-state index in [1.54, 1.807) is 6.92 Å². The lowest BCUT2D eigenvalue weighted by atomic mass is 9.82. The molecule has 0 aromatic carbocycles. The van der Waals surface area contributed by atoms with Crippen molar-refractivity contribution in [1.29, 1.82) is 0 Å². The first-order valence-corrected chi connectivity index (χ1v) is 7.75. The van der Waals surface area contributed by atoms with E-state index < -0.39 is 11.9 Å². The van der Waals surface area contributed by atoms with Crippen LogP contribution in [0.4, 0.5) is 0 Å². The Kier molecular flexibility index (Phi) is 5.02. The predicted molar refractivity (Wildman–Crippen MR) is 73.9 cm³/mol. The Bertz CT molecular complexity index is 367. The van der Waals surface area contributed by atoms with Crippen LogP contribution in [0.15, 0.2) is 0 Å². The van der Waals surface area contributed by atoms with Crippen LogP contribution in [0.1, 0.15) is 39.0 Å². The van der Waals surface area contributed by atoms with E-state index in [-0.39, 0.29) is 6.61 Å². The van der Waals surface area contributed by atoms with Gasteiger partial charge in [-0.15, -0.1) is 0 Å². The standard InChI is InChI=1S/C15H26NO4/c1-3-19-14(17)15(18)20-11-12-7-6-10-16(2)9-5-4-8-13(12)16/h12-13H,3-11H2,1-2H3/q+1. The van der Waals surface area contributed by atoms with E-state index in [4.69, 9.17) is 4.74 Å². The second-order valence-electron chi connectivity index (χ2n) is 6.21. The topological polar surface area (TPSA) is 52.6 Å². The van der Waals surface area contributed by atoms with Gasteiger partial charge in [0.25, 0.3) is 0 Å². The molecule has 114 valence electrons. The number of hydrogen-bond acceptors (Lipinski definition) is 4. The van der Waals surface area contributed by atoms with Crippen LogP contribution in [0, 0.1) is 5.92 Å². The fraction of sp³-hybridized carbons (Fsp3) is 0.867. The molecule has 0 N–H and O–H groups in total. The van der Waals surface area contributed by atoms with Gasteiger partial charge in [-0.1, -0.05) is 0 Å². The Morgan fingerprint density at radius 1 is 1.05 bits per heavy atom. The highest BCUT2D eigenvalue weighted by Crippen LogP contribution is 2.36. The molecule has 2 heterocycles. The molecule has 0 bridgehead atoms. The first-order valence-electron chi connectivity index (χ1n) is 7.75. The van der Waals surface area contributed by atoms with Gasteiger partial charge in [0.2, 0.25) is 0 Å². The number of carbonyl (C=O) groups is 2. The minimum atomic E-state index is -0.871. The van der Waals surface area contributed by atoms with Gasteiger partial charge in [-0.2, -0.15) is 0 Å². The zero-order valence-corrected chi connectivity index (χ0v) is 12.6. The van der Waals surface area contributed by atoms with E-state index in [2.05, 4.69) is 11.8 Å². The number of esters is 2. The van der Waals surface area contributed by atoms with Crippen LogP contribution in [0.5, 0.6) is 0 Å². The summed E-state index contributed by atoms with van der Waals surface area (Å²) in [7, 11) is 2.32. The van der Waals surface area contributed by atoms with E-state index in [1.165, 1.54) is 38.8 Å². The molecule has 5 heteroatoms. The summed E-state index contributed by atoms with van der Waals surface area (Å²) in [6.45, 7) is 4.70. The Morgan fingerprint density at radius 3 is 2.50 bits per heavy atom. The van der Waals surface area contributed by atoms with E-state index in [1.807, 2.05) is 0 Å². The van der Waals surface area contributed by atoms with Crippen molar-refractivity contribution in [3.63, 3.8) is 0 Å². The summed E-state index contributed by atoms with van der Waals surface area (Å²) in [6.07, 6.45) is 6.03. The van der Waals surface area contributed by atoms with Crippen molar-refractivity contribution in [2.75, 3.05) is 33.4 Å². The number of piperidine rings is 2. The number of rotatable bonds is 3. The lowest BCUT2D eigenvalue weighted by Gasteiger charge is -2.51. The fourth-order valence-electron chi connectivity index (χ4n) is 3.86. The lowest BCUT2D eigenvalue weighted by Crippen LogP contribution is -2.61. The summed E-state index contributed by atoms with van der Waals surface area (Å²) >= 11 is 0. The fourth-order valence-corrected chi connectivity index (χ4v) is 3.86. The van der Waals surface area contributed by atoms with Gasteiger partial charge < -0.3 is 14.0 Å². The molecule has 0 spiro atoms. The maximum atomic E-state index is 11.5. The quantitative estimate of drug-likeness (QED) is 0.448. The first-order chi connectivity index (χ1) is 9.57. The Labute approximate surface area is 120 Å². The van der Waals surface area contributed by atoms with Crippen molar-refractivity contribution in [1.82, 2.24) is 0 Å². The normalized spacial score (nSPS) is 33.1. The number of ether oxygens (including phenoxy) is 2. The maximum absolute atomic E-state index is 11.5. The van der Waals surface area contributed by atoms with Crippen molar-refractivity contribution in [2.24, 2.45) is 5.92 Å². The van der Waals surface area contributed by atoms with Gasteiger partial charge in [-0.25, -0.2) is 9.59 Å². The molecule has 0 saturated carbocycles. The monoisotopic (exact) mass is 284 g/mol. The molecule has 3 unspecified atom stereocenters. The predicted octanol–water partition coefficient (Wildman–Crippen LogP) is 1.50. The Morgan fingerprint density at radius 2 is 1.75 bits per heavy atom. The second kappa shape index (κ2) is 6.57. The molecule has 2 aliphatic rings. The van der Waals surface area contributed by atoms with Crippen molar-refractivity contribution in [3.8, 4) is 0 Å². The largest absolute Gasteiger partial charge is 0.458 e. The van der Waals surface area contributed by atoms with Crippen molar-refractivity contribution in [2.45, 2.75) is 45.1 Å². The summed E-state index contributed by atoms with van der Waals surface area (Å²) < 4.78 is 10.9. The molecule has 2 rings (SSSR count). The Balaban J connectivity index is 1.88. The molecule has 20 heavy (non-hydrogen) atoms. The highest BCUT2D eigenvalue weighted by molar-refractivity contribution is 6.29. The molecular formula is C15H26NO4+. The third kappa shape index (κ3) is 3.32. The molecule has 0 aromatic rings. The van der Waals surface area contributed by atoms with E-state index in [9.17, 15) is 9.59 Å². The van der Waals surface area contributed by atoms with Crippen molar-refractivity contribution < 1.29 is 23.5 Å². The highest BCUT2D eigenvalue weighted by Gasteiger charge is 2.44. The molecule has 0 amide bonds. The minimum absolute atomic E-state index is 0.203. The van der Waals surface area contributed by atoms with Gasteiger partial charge >= 0.3 is 11.9 Å². The number of hydrogen-bond donors (Lipinski definition) is 0. The molecule has 0 aromatic heterocycles.